The van der Waals surface area contributed by atoms with Gasteiger partial charge in [-0.3, -0.25) is 0 Å². The van der Waals surface area contributed by atoms with Crippen LogP contribution >= 0.6 is 19.6 Å². The van der Waals surface area contributed by atoms with E-state index in [0.29, 0.717) is 0 Å². The second kappa shape index (κ2) is 25.6. The molecule has 30 heavy (non-hydrogen) atoms. The quantitative estimate of drug-likeness (QED) is 0.137. The van der Waals surface area contributed by atoms with Crippen LogP contribution in [-0.2, 0) is 14.0 Å². The van der Waals surface area contributed by atoms with Crippen LogP contribution in [0.15, 0.2) is 0 Å². The molecule has 0 aromatic heterocycles. The van der Waals surface area contributed by atoms with Crippen molar-refractivity contribution in [3.05, 3.63) is 0 Å². The maximum absolute atomic E-state index is 9.01. The van der Waals surface area contributed by atoms with Crippen LogP contribution in [0.2, 0.25) is 0 Å². The molecule has 1 atom stereocenters. The molecule has 0 aromatic carbocycles. The van der Waals surface area contributed by atoms with Gasteiger partial charge in [-0.05, 0) is 18.6 Å². The van der Waals surface area contributed by atoms with Crippen LogP contribution in [0.5, 0.6) is 0 Å². The Morgan fingerprint density at radius 1 is 0.800 bits per heavy atom. The zero-order valence-corrected chi connectivity index (χ0v) is 20.9. The summed E-state index contributed by atoms with van der Waals surface area (Å²) < 4.78 is 19.7. The molecule has 0 fully saturated rings. The van der Waals surface area contributed by atoms with E-state index < -0.39 is 7.82 Å². The van der Waals surface area contributed by atoms with Crippen LogP contribution in [0.3, 0.4) is 0 Å². The lowest BCUT2D eigenvalue weighted by molar-refractivity contribution is 0.0656. The second-order valence-corrected chi connectivity index (χ2v) is 9.66. The largest absolute Gasteiger partial charge is 0.466 e. The molecule has 0 aromatic rings. The molecule has 0 bridgehead atoms. The predicted molar refractivity (Wildman–Crippen MR) is 126 cm³/mol. The number of ether oxygens (including phenoxy) is 2. The van der Waals surface area contributed by atoms with Crippen LogP contribution in [0.1, 0.15) is 90.4 Å². The lowest BCUT2D eigenvalue weighted by atomic mass is 10.1. The van der Waals surface area contributed by atoms with Crippen molar-refractivity contribution in [2.75, 3.05) is 38.4 Å². The summed E-state index contributed by atoms with van der Waals surface area (Å²) in [4.78, 5) is 21.6. The third kappa shape index (κ3) is 35.8. The van der Waals surface area contributed by atoms with Gasteiger partial charge in [-0.25, -0.2) is 4.57 Å². The number of aliphatic hydroxyl groups excluding tert-OH is 1. The van der Waals surface area contributed by atoms with Crippen LogP contribution < -0.4 is 0 Å². The summed E-state index contributed by atoms with van der Waals surface area (Å²) in [7, 11) is -2.99. The minimum Gasteiger partial charge on any atom is -0.394 e. The highest BCUT2D eigenvalue weighted by Crippen LogP contribution is 2.25. The first kappa shape index (κ1) is 32.5. The monoisotopic (exact) mass is 474 g/mol. The van der Waals surface area contributed by atoms with Gasteiger partial charge < -0.3 is 29.3 Å². The normalized spacial score (nSPS) is 12.5. The van der Waals surface area contributed by atoms with E-state index in [1.54, 1.807) is 7.11 Å². The first-order chi connectivity index (χ1) is 14.3. The molecule has 0 rings (SSSR count). The van der Waals surface area contributed by atoms with Gasteiger partial charge in [-0.15, -0.1) is 0 Å². The molecule has 9 heteroatoms. The first-order valence-electron chi connectivity index (χ1n) is 11.4. The zero-order chi connectivity index (χ0) is 22.9. The van der Waals surface area contributed by atoms with Gasteiger partial charge in [0.05, 0.1) is 12.7 Å². The van der Waals surface area contributed by atoms with Crippen molar-refractivity contribution >= 4 is 19.6 Å². The number of unbranched alkanes of at least 4 members (excludes halogenated alkanes) is 11. The fraction of sp³-hybridized carbons (Fsp3) is 1.00. The minimum atomic E-state index is -4.64. The Morgan fingerprint density at radius 2 is 1.23 bits per heavy atom. The molecule has 0 saturated carbocycles. The van der Waals surface area contributed by atoms with Crippen molar-refractivity contribution in [1.29, 1.82) is 0 Å². The van der Waals surface area contributed by atoms with E-state index in [2.05, 4.69) is 6.92 Å². The molecule has 4 N–H and O–H groups in total. The van der Waals surface area contributed by atoms with Crippen LogP contribution in [0, 0.1) is 0 Å². The highest BCUT2D eigenvalue weighted by atomic mass is 32.2. The summed E-state index contributed by atoms with van der Waals surface area (Å²) >= 11 is 1.83. The molecular weight excluding hydrogens is 427 g/mol. The fourth-order valence-electron chi connectivity index (χ4n) is 2.82. The average molecular weight is 475 g/mol. The van der Waals surface area contributed by atoms with E-state index in [1.807, 2.05) is 11.8 Å². The van der Waals surface area contributed by atoms with Crippen molar-refractivity contribution in [2.45, 2.75) is 96.5 Å². The third-order valence-corrected chi connectivity index (χ3v) is 5.75. The Hall–Kier alpha value is 0.340. The van der Waals surface area contributed by atoms with Gasteiger partial charge in [-0.1, -0.05) is 77.6 Å². The van der Waals surface area contributed by atoms with E-state index in [4.69, 9.17) is 33.8 Å². The van der Waals surface area contributed by atoms with Gasteiger partial charge in [-0.2, -0.15) is 11.8 Å². The molecule has 0 radical (unpaired) electrons. The van der Waals surface area contributed by atoms with Crippen molar-refractivity contribution in [3.63, 3.8) is 0 Å². The maximum Gasteiger partial charge on any atom is 0.466 e. The van der Waals surface area contributed by atoms with E-state index in [9.17, 15) is 0 Å². The van der Waals surface area contributed by atoms with Gasteiger partial charge in [0.25, 0.3) is 0 Å². The van der Waals surface area contributed by atoms with Crippen molar-refractivity contribution in [3.8, 4) is 0 Å². The maximum atomic E-state index is 9.01. The number of methoxy groups -OCH3 is 1. The average Bonchev–Trinajstić information content (AvgIpc) is 2.68. The smallest absolute Gasteiger partial charge is 0.394 e. The molecule has 0 aliphatic heterocycles. The molecule has 0 saturated heterocycles. The van der Waals surface area contributed by atoms with Crippen molar-refractivity contribution in [1.82, 2.24) is 0 Å². The Bertz CT molecular complexity index is 357. The lowest BCUT2D eigenvalue weighted by Crippen LogP contribution is -2.18. The van der Waals surface area contributed by atoms with E-state index in [-0.39, 0.29) is 12.7 Å². The Labute approximate surface area is 188 Å². The van der Waals surface area contributed by atoms with Gasteiger partial charge in [0.2, 0.25) is 0 Å². The van der Waals surface area contributed by atoms with Crippen LogP contribution in [-0.4, -0.2) is 64.3 Å². The number of aliphatic hydroxyl groups is 1. The Kier molecular flexibility index (Phi) is 27.7. The van der Waals surface area contributed by atoms with E-state index >= 15 is 0 Å². The van der Waals surface area contributed by atoms with Gasteiger partial charge in [0, 0.05) is 26.1 Å². The SMILES string of the molecule is CCCCCCCCCCCCCCOCCCSCC(CO)OC.O=P(O)(O)O. The first-order valence-corrected chi connectivity index (χ1v) is 14.1. The summed E-state index contributed by atoms with van der Waals surface area (Å²) in [6.07, 6.45) is 17.7. The summed E-state index contributed by atoms with van der Waals surface area (Å²) in [5.41, 5.74) is 0. The minimum absolute atomic E-state index is 0.0213. The Balaban J connectivity index is 0. The molecule has 0 aliphatic carbocycles. The standard InChI is InChI=1S/C21H44O3S.H3O4P/c1-3-4-5-6-7-8-9-10-11-12-13-14-16-24-17-15-18-25-20-21(19-22)23-2;1-5(2,3)4/h21-22H,3-20H2,1-2H3;(H3,1,2,3,4). The summed E-state index contributed by atoms with van der Waals surface area (Å²) in [6.45, 7) is 4.17. The molecule has 0 aliphatic rings. The van der Waals surface area contributed by atoms with Gasteiger partial charge >= 0.3 is 7.82 Å². The van der Waals surface area contributed by atoms with Gasteiger partial charge in [0.1, 0.15) is 0 Å². The number of thioether (sulfide) groups is 1. The summed E-state index contributed by atoms with van der Waals surface area (Å²) in [6, 6.07) is 0. The van der Waals surface area contributed by atoms with E-state index in [1.165, 1.54) is 77.0 Å². The van der Waals surface area contributed by atoms with Crippen molar-refractivity contribution < 1.29 is 33.8 Å². The Morgan fingerprint density at radius 3 is 1.67 bits per heavy atom. The fourth-order valence-corrected chi connectivity index (χ4v) is 3.81. The number of phosphoric acid groups is 1. The molecule has 184 valence electrons. The predicted octanol–water partition coefficient (Wildman–Crippen LogP) is 4.91. The molecule has 0 amide bonds. The lowest BCUT2D eigenvalue weighted by Gasteiger charge is -2.11. The second-order valence-electron chi connectivity index (χ2n) is 7.48. The van der Waals surface area contributed by atoms with Crippen LogP contribution in [0.25, 0.3) is 0 Å². The van der Waals surface area contributed by atoms with Gasteiger partial charge in [0.15, 0.2) is 0 Å². The number of hydrogen-bond acceptors (Lipinski definition) is 5. The molecular formula is C21H47O7PS. The topological polar surface area (TPSA) is 116 Å². The van der Waals surface area contributed by atoms with E-state index in [0.717, 1.165) is 31.1 Å². The van der Waals surface area contributed by atoms with Crippen molar-refractivity contribution in [2.24, 2.45) is 0 Å². The number of hydrogen-bond donors (Lipinski definition) is 4. The highest BCUT2D eigenvalue weighted by Gasteiger charge is 2.04. The summed E-state index contributed by atoms with van der Waals surface area (Å²) in [5, 5.41) is 9.01. The van der Waals surface area contributed by atoms with Crippen LogP contribution in [0.4, 0.5) is 0 Å². The molecule has 1 unspecified atom stereocenters. The third-order valence-electron chi connectivity index (χ3n) is 4.56. The molecule has 0 spiro atoms. The highest BCUT2D eigenvalue weighted by molar-refractivity contribution is 7.99. The summed E-state index contributed by atoms with van der Waals surface area (Å²) in [5.74, 6) is 1.95. The zero-order valence-electron chi connectivity index (χ0n) is 19.2. The molecule has 7 nitrogen and oxygen atoms in total. The molecule has 0 heterocycles. The number of rotatable bonds is 21.